The van der Waals surface area contributed by atoms with Gasteiger partial charge in [-0.25, -0.2) is 0 Å². The van der Waals surface area contributed by atoms with Gasteiger partial charge in [0, 0.05) is 5.57 Å². The van der Waals surface area contributed by atoms with Crippen molar-refractivity contribution < 1.29 is 0 Å². The van der Waals surface area contributed by atoms with E-state index in [4.69, 9.17) is 0 Å². The molecule has 0 aromatic heterocycles. The lowest BCUT2D eigenvalue weighted by Gasteiger charge is -1.95. The fourth-order valence-corrected chi connectivity index (χ4v) is 1.62. The molecule has 0 unspecified atom stereocenters. The molecule has 0 aliphatic carbocycles. The summed E-state index contributed by atoms with van der Waals surface area (Å²) in [5.74, 6) is 0. The van der Waals surface area contributed by atoms with E-state index < -0.39 is 0 Å². The number of hydrogen-bond acceptors (Lipinski definition) is 0. The van der Waals surface area contributed by atoms with Crippen molar-refractivity contribution in [3.63, 3.8) is 0 Å². The summed E-state index contributed by atoms with van der Waals surface area (Å²) in [6.45, 7) is 10.2. The summed E-state index contributed by atoms with van der Waals surface area (Å²) in [5, 5.41) is 0. The average molecular weight is 256 g/mol. The molecule has 0 radical (unpaired) electrons. The highest BCUT2D eigenvalue weighted by atomic mass is 13.9. The van der Waals surface area contributed by atoms with Crippen LogP contribution in [0.5, 0.6) is 0 Å². The Kier molecular flexibility index (Phi) is 11.9. The van der Waals surface area contributed by atoms with Crippen molar-refractivity contribution in [2.75, 3.05) is 0 Å². The molecule has 0 saturated carbocycles. The molecule has 0 spiro atoms. The molecule has 19 heavy (non-hydrogen) atoms. The zero-order chi connectivity index (χ0) is 14.3. The van der Waals surface area contributed by atoms with Gasteiger partial charge >= 0.3 is 0 Å². The summed E-state index contributed by atoms with van der Waals surface area (Å²) >= 11 is 0. The Morgan fingerprint density at radius 3 is 2.53 bits per heavy atom. The SMILES string of the molecule is C=CC(C=CC)=CC(=C=CCCCCC)C=CCC. The molecule has 0 aromatic rings. The van der Waals surface area contributed by atoms with E-state index in [1.54, 1.807) is 0 Å². The van der Waals surface area contributed by atoms with Gasteiger partial charge in [0.25, 0.3) is 0 Å². The minimum absolute atomic E-state index is 1.04. The van der Waals surface area contributed by atoms with Gasteiger partial charge in [0.05, 0.1) is 0 Å². The summed E-state index contributed by atoms with van der Waals surface area (Å²) in [4.78, 5) is 0. The first-order chi connectivity index (χ1) is 9.28. The summed E-state index contributed by atoms with van der Waals surface area (Å²) in [5.41, 5.74) is 5.62. The third-order valence-corrected chi connectivity index (χ3v) is 2.67. The van der Waals surface area contributed by atoms with Crippen LogP contribution in [0.1, 0.15) is 52.9 Å². The molecule has 0 heterocycles. The van der Waals surface area contributed by atoms with Gasteiger partial charge in [0.1, 0.15) is 0 Å². The topological polar surface area (TPSA) is 0 Å². The number of unbranched alkanes of at least 4 members (excludes halogenated alkanes) is 3. The van der Waals surface area contributed by atoms with Gasteiger partial charge in [-0.2, -0.15) is 0 Å². The van der Waals surface area contributed by atoms with Gasteiger partial charge < -0.3 is 0 Å². The highest BCUT2D eigenvalue weighted by molar-refractivity contribution is 5.41. The predicted octanol–water partition coefficient (Wildman–Crippen LogP) is 6.30. The first-order valence-corrected chi connectivity index (χ1v) is 7.37. The van der Waals surface area contributed by atoms with Crippen LogP contribution in [0.15, 0.2) is 66.0 Å². The molecule has 0 N–H and O–H groups in total. The first-order valence-electron chi connectivity index (χ1n) is 7.37. The lowest BCUT2D eigenvalue weighted by atomic mass is 10.1. The minimum atomic E-state index is 1.04. The molecule has 0 heteroatoms. The maximum absolute atomic E-state index is 3.84. The molecule has 0 nitrogen and oxygen atoms in total. The molecule has 0 bridgehead atoms. The van der Waals surface area contributed by atoms with Crippen LogP contribution in [0.3, 0.4) is 0 Å². The van der Waals surface area contributed by atoms with Crippen molar-refractivity contribution >= 4 is 0 Å². The van der Waals surface area contributed by atoms with E-state index in [2.05, 4.69) is 56.5 Å². The molecule has 0 atom stereocenters. The van der Waals surface area contributed by atoms with Crippen molar-refractivity contribution in [1.29, 1.82) is 0 Å². The largest absolute Gasteiger partial charge is 0.117 e. The van der Waals surface area contributed by atoms with E-state index in [-0.39, 0.29) is 0 Å². The molecule has 0 fully saturated rings. The molecule has 0 aliphatic heterocycles. The Hall–Kier alpha value is -1.52. The van der Waals surface area contributed by atoms with E-state index >= 15 is 0 Å². The van der Waals surface area contributed by atoms with Gasteiger partial charge in [-0.1, -0.05) is 63.6 Å². The van der Waals surface area contributed by atoms with E-state index in [1.165, 1.54) is 19.3 Å². The molecule has 0 rings (SSSR count). The summed E-state index contributed by atoms with van der Waals surface area (Å²) in [6, 6.07) is 0. The van der Waals surface area contributed by atoms with Crippen LogP contribution in [0, 0.1) is 0 Å². The van der Waals surface area contributed by atoms with Crippen LogP contribution in [-0.4, -0.2) is 0 Å². The van der Waals surface area contributed by atoms with Crippen molar-refractivity contribution in [2.24, 2.45) is 0 Å². The van der Waals surface area contributed by atoms with E-state index in [1.807, 2.05) is 19.1 Å². The Morgan fingerprint density at radius 2 is 1.95 bits per heavy atom. The second-order valence-electron chi connectivity index (χ2n) is 4.46. The zero-order valence-corrected chi connectivity index (χ0v) is 12.8. The van der Waals surface area contributed by atoms with Crippen LogP contribution in [0.25, 0.3) is 0 Å². The molecule has 104 valence electrons. The first kappa shape index (κ1) is 17.5. The second-order valence-corrected chi connectivity index (χ2v) is 4.46. The molecule has 0 aliphatic rings. The number of hydrogen-bond donors (Lipinski definition) is 0. The summed E-state index contributed by atoms with van der Waals surface area (Å²) < 4.78 is 0. The molecular formula is C19H28. The monoisotopic (exact) mass is 256 g/mol. The minimum Gasteiger partial charge on any atom is -0.117 e. The molecule has 0 amide bonds. The van der Waals surface area contributed by atoms with E-state index in [9.17, 15) is 0 Å². The maximum Gasteiger partial charge on any atom is 0.0164 e. The van der Waals surface area contributed by atoms with Crippen LogP contribution in [0.2, 0.25) is 0 Å². The maximum atomic E-state index is 3.84. The summed E-state index contributed by atoms with van der Waals surface area (Å²) in [7, 11) is 0. The average Bonchev–Trinajstić information content (AvgIpc) is 2.43. The lowest BCUT2D eigenvalue weighted by Crippen LogP contribution is -1.76. The Morgan fingerprint density at radius 1 is 1.16 bits per heavy atom. The van der Waals surface area contributed by atoms with Gasteiger partial charge in [-0.05, 0) is 43.9 Å². The van der Waals surface area contributed by atoms with Gasteiger partial charge in [-0.3, -0.25) is 0 Å². The second kappa shape index (κ2) is 12.9. The van der Waals surface area contributed by atoms with Crippen LogP contribution >= 0.6 is 0 Å². The van der Waals surface area contributed by atoms with E-state index in [0.29, 0.717) is 0 Å². The molecule has 0 saturated heterocycles. The van der Waals surface area contributed by atoms with E-state index in [0.717, 1.165) is 24.0 Å². The fourth-order valence-electron chi connectivity index (χ4n) is 1.62. The van der Waals surface area contributed by atoms with Crippen molar-refractivity contribution in [2.45, 2.75) is 52.9 Å². The quantitative estimate of drug-likeness (QED) is 0.258. The van der Waals surface area contributed by atoms with Gasteiger partial charge in [0.15, 0.2) is 0 Å². The third kappa shape index (κ3) is 10.1. The molecular weight excluding hydrogens is 228 g/mol. The normalized spacial score (nSPS) is 11.8. The number of allylic oxidation sites excluding steroid dienone is 8. The van der Waals surface area contributed by atoms with Crippen LogP contribution in [-0.2, 0) is 0 Å². The summed E-state index contributed by atoms with van der Waals surface area (Å²) in [6.07, 6.45) is 20.5. The molecule has 0 aromatic carbocycles. The van der Waals surface area contributed by atoms with Crippen molar-refractivity contribution in [1.82, 2.24) is 0 Å². The van der Waals surface area contributed by atoms with Crippen molar-refractivity contribution in [3.8, 4) is 0 Å². The fraction of sp³-hybridized carbons (Fsp3) is 0.421. The smallest absolute Gasteiger partial charge is 0.0164 e. The van der Waals surface area contributed by atoms with Gasteiger partial charge in [-0.15, -0.1) is 5.73 Å². The predicted molar refractivity (Wildman–Crippen MR) is 88.3 cm³/mol. The zero-order valence-electron chi connectivity index (χ0n) is 12.8. The Labute approximate surface area is 119 Å². The van der Waals surface area contributed by atoms with Crippen LogP contribution < -0.4 is 0 Å². The van der Waals surface area contributed by atoms with Crippen molar-refractivity contribution in [3.05, 3.63) is 66.0 Å². The standard InChI is InChI=1S/C19H28/c1-5-9-11-12-13-16-19(15-10-6-2)17-18(8-4)14-7-3/h7-8,10,13-15,17H,4-6,9,11-12H2,1-3H3. The third-order valence-electron chi connectivity index (χ3n) is 2.67. The van der Waals surface area contributed by atoms with Gasteiger partial charge in [0.2, 0.25) is 0 Å². The Balaban J connectivity index is 4.93. The lowest BCUT2D eigenvalue weighted by molar-refractivity contribution is 0.729. The highest BCUT2D eigenvalue weighted by Gasteiger charge is 1.88. The highest BCUT2D eigenvalue weighted by Crippen LogP contribution is 2.08. The Bertz CT molecular complexity index is 382. The number of rotatable bonds is 9. The van der Waals surface area contributed by atoms with Crippen LogP contribution in [0.4, 0.5) is 0 Å².